The number of alkyl halides is 1. The number of aliphatic hydroxyl groups excluding tert-OH is 1. The summed E-state index contributed by atoms with van der Waals surface area (Å²) in [6.45, 7) is 0.184. The Morgan fingerprint density at radius 3 is 2.80 bits per heavy atom. The molecule has 1 N–H and O–H groups in total. The highest BCUT2D eigenvalue weighted by Gasteiger charge is 2.06. The Kier molecular flexibility index (Phi) is 5.06. The van der Waals surface area contributed by atoms with Crippen LogP contribution in [-0.4, -0.2) is 42.4 Å². The molecule has 4 nitrogen and oxygen atoms in total. The maximum Gasteiger partial charge on any atom is 0.410 e. The minimum absolute atomic E-state index is 0.0755. The molecule has 0 spiro atoms. The largest absolute Gasteiger partial charge is 0.433 e. The third-order valence-corrected chi connectivity index (χ3v) is 1.03. The highest BCUT2D eigenvalue weighted by Crippen LogP contribution is 1.89. The second-order valence-corrected chi connectivity index (χ2v) is 1.88. The van der Waals surface area contributed by atoms with E-state index in [2.05, 4.69) is 4.74 Å². The molecule has 1 amide bonds. The summed E-state index contributed by atoms with van der Waals surface area (Å²) in [5, 5.41) is 8.37. The number of hydrogen-bond donors (Lipinski definition) is 1. The van der Waals surface area contributed by atoms with E-state index in [0.29, 0.717) is 0 Å². The molecule has 10 heavy (non-hydrogen) atoms. The lowest BCUT2D eigenvalue weighted by Crippen LogP contribution is -2.29. The van der Waals surface area contributed by atoms with Gasteiger partial charge in [-0.05, 0) is 0 Å². The van der Waals surface area contributed by atoms with Crippen LogP contribution in [0.3, 0.4) is 0 Å². The van der Waals surface area contributed by atoms with E-state index in [-0.39, 0.29) is 19.2 Å². The summed E-state index contributed by atoms with van der Waals surface area (Å²) >= 11 is 5.11. The van der Waals surface area contributed by atoms with Gasteiger partial charge < -0.3 is 14.7 Å². The Balaban J connectivity index is 3.49. The second kappa shape index (κ2) is 5.32. The van der Waals surface area contributed by atoms with Crippen LogP contribution in [-0.2, 0) is 4.74 Å². The van der Waals surface area contributed by atoms with E-state index in [1.807, 2.05) is 0 Å². The van der Waals surface area contributed by atoms with Gasteiger partial charge in [0.1, 0.15) is 0 Å². The Morgan fingerprint density at radius 2 is 2.40 bits per heavy atom. The molecule has 0 bridgehead atoms. The quantitative estimate of drug-likeness (QED) is 0.613. The third-order valence-electron chi connectivity index (χ3n) is 0.925. The molecule has 0 aliphatic carbocycles. The van der Waals surface area contributed by atoms with Gasteiger partial charge in [-0.25, -0.2) is 4.79 Å². The SMILES string of the molecule is CN(CCO)C(=O)OCCl. The highest BCUT2D eigenvalue weighted by atomic mass is 35.5. The van der Waals surface area contributed by atoms with E-state index in [0.717, 1.165) is 0 Å². The average Bonchev–Trinajstić information content (AvgIpc) is 1.89. The molecular weight excluding hydrogens is 158 g/mol. The average molecular weight is 168 g/mol. The smallest absolute Gasteiger partial charge is 0.410 e. The molecule has 0 atom stereocenters. The van der Waals surface area contributed by atoms with Gasteiger partial charge in [0.15, 0.2) is 6.07 Å². The van der Waals surface area contributed by atoms with Crippen molar-refractivity contribution in [2.24, 2.45) is 0 Å². The second-order valence-electron chi connectivity index (χ2n) is 1.66. The maximum atomic E-state index is 10.6. The van der Waals surface area contributed by atoms with Crippen LogP contribution in [0, 0.1) is 0 Å². The monoisotopic (exact) mass is 167 g/mol. The van der Waals surface area contributed by atoms with Gasteiger partial charge in [-0.15, -0.1) is 0 Å². The highest BCUT2D eigenvalue weighted by molar-refractivity contribution is 6.17. The van der Waals surface area contributed by atoms with E-state index in [1.165, 1.54) is 11.9 Å². The molecule has 0 rings (SSSR count). The molecule has 5 heteroatoms. The normalized spacial score (nSPS) is 9.10. The molecule has 0 saturated carbocycles. The van der Waals surface area contributed by atoms with Crippen LogP contribution in [0.4, 0.5) is 4.79 Å². The van der Waals surface area contributed by atoms with Crippen molar-refractivity contribution in [2.75, 3.05) is 26.3 Å². The number of aliphatic hydroxyl groups is 1. The van der Waals surface area contributed by atoms with Crippen molar-refractivity contribution in [1.29, 1.82) is 0 Å². The summed E-state index contributed by atoms with van der Waals surface area (Å²) in [5.41, 5.74) is 0. The summed E-state index contributed by atoms with van der Waals surface area (Å²) in [4.78, 5) is 11.9. The number of carbonyl (C=O) groups excluding carboxylic acids is 1. The lowest BCUT2D eigenvalue weighted by molar-refractivity contribution is 0.118. The first-order valence-corrected chi connectivity index (χ1v) is 3.30. The van der Waals surface area contributed by atoms with Crippen LogP contribution in [0.25, 0.3) is 0 Å². The number of nitrogens with zero attached hydrogens (tertiary/aromatic N) is 1. The van der Waals surface area contributed by atoms with Crippen molar-refractivity contribution in [3.8, 4) is 0 Å². The number of likely N-dealkylation sites (N-methyl/N-ethyl adjacent to an activating group) is 1. The predicted molar refractivity (Wildman–Crippen MR) is 36.9 cm³/mol. The molecule has 0 aromatic rings. The molecule has 0 aromatic carbocycles. The van der Waals surface area contributed by atoms with Crippen molar-refractivity contribution in [3.63, 3.8) is 0 Å². The molecule has 0 unspecified atom stereocenters. The molecular formula is C5H10ClNO3. The van der Waals surface area contributed by atoms with E-state index >= 15 is 0 Å². The van der Waals surface area contributed by atoms with Gasteiger partial charge in [0.25, 0.3) is 0 Å². The van der Waals surface area contributed by atoms with E-state index < -0.39 is 6.09 Å². The van der Waals surface area contributed by atoms with E-state index in [4.69, 9.17) is 16.7 Å². The Bertz CT molecular complexity index is 109. The maximum absolute atomic E-state index is 10.6. The number of halogens is 1. The standard InChI is InChI=1S/C5H10ClNO3/c1-7(2-3-8)5(9)10-4-6/h8H,2-4H2,1H3. The fraction of sp³-hybridized carbons (Fsp3) is 0.800. The number of carbonyl (C=O) groups is 1. The molecule has 60 valence electrons. The summed E-state index contributed by atoms with van der Waals surface area (Å²) in [7, 11) is 1.52. The first-order chi connectivity index (χ1) is 4.72. The van der Waals surface area contributed by atoms with Crippen molar-refractivity contribution >= 4 is 17.7 Å². The summed E-state index contributed by atoms with van der Waals surface area (Å²) in [6.07, 6.45) is -0.524. The van der Waals surface area contributed by atoms with Gasteiger partial charge in [0, 0.05) is 13.6 Å². The van der Waals surface area contributed by atoms with Crippen LogP contribution in [0.15, 0.2) is 0 Å². The molecule has 0 aliphatic rings. The summed E-state index contributed by atoms with van der Waals surface area (Å²) in [5.74, 6) is 0. The van der Waals surface area contributed by atoms with Gasteiger partial charge >= 0.3 is 6.09 Å². The number of amides is 1. The van der Waals surface area contributed by atoms with Crippen LogP contribution in [0.1, 0.15) is 0 Å². The lowest BCUT2D eigenvalue weighted by Gasteiger charge is -2.13. The minimum Gasteiger partial charge on any atom is -0.433 e. The van der Waals surface area contributed by atoms with Crippen LogP contribution >= 0.6 is 11.6 Å². The molecule has 0 saturated heterocycles. The molecule has 0 heterocycles. The van der Waals surface area contributed by atoms with Crippen LogP contribution in [0.2, 0.25) is 0 Å². The van der Waals surface area contributed by atoms with Crippen molar-refractivity contribution < 1.29 is 14.6 Å². The van der Waals surface area contributed by atoms with Gasteiger partial charge in [0.05, 0.1) is 6.61 Å². The van der Waals surface area contributed by atoms with Crippen molar-refractivity contribution in [3.05, 3.63) is 0 Å². The number of ether oxygens (including phenoxy) is 1. The lowest BCUT2D eigenvalue weighted by atomic mass is 10.6. The fourth-order valence-corrected chi connectivity index (χ4v) is 0.491. The van der Waals surface area contributed by atoms with Gasteiger partial charge in [-0.3, -0.25) is 0 Å². The van der Waals surface area contributed by atoms with E-state index in [9.17, 15) is 4.79 Å². The third kappa shape index (κ3) is 3.53. The van der Waals surface area contributed by atoms with Gasteiger partial charge in [0.2, 0.25) is 0 Å². The predicted octanol–water partition coefficient (Wildman–Crippen LogP) is 0.243. The minimum atomic E-state index is -0.524. The first-order valence-electron chi connectivity index (χ1n) is 2.77. The van der Waals surface area contributed by atoms with Gasteiger partial charge in [-0.2, -0.15) is 0 Å². The Morgan fingerprint density at radius 1 is 1.80 bits per heavy atom. The van der Waals surface area contributed by atoms with Crippen LogP contribution < -0.4 is 0 Å². The Hall–Kier alpha value is -0.480. The topological polar surface area (TPSA) is 49.8 Å². The molecule has 0 aliphatic heterocycles. The summed E-state index contributed by atoms with van der Waals surface area (Å²) < 4.78 is 4.40. The zero-order valence-electron chi connectivity index (χ0n) is 5.71. The molecule has 0 fully saturated rings. The molecule has 0 aromatic heterocycles. The van der Waals surface area contributed by atoms with Crippen molar-refractivity contribution in [2.45, 2.75) is 0 Å². The van der Waals surface area contributed by atoms with Crippen molar-refractivity contribution in [1.82, 2.24) is 4.90 Å². The zero-order chi connectivity index (χ0) is 7.98. The fourth-order valence-electron chi connectivity index (χ4n) is 0.398. The van der Waals surface area contributed by atoms with Gasteiger partial charge in [-0.1, -0.05) is 11.6 Å². The first kappa shape index (κ1) is 9.52. The van der Waals surface area contributed by atoms with Crippen LogP contribution in [0.5, 0.6) is 0 Å². The number of rotatable bonds is 3. The Labute approximate surface area is 64.3 Å². The van der Waals surface area contributed by atoms with E-state index in [1.54, 1.807) is 0 Å². The zero-order valence-corrected chi connectivity index (χ0v) is 6.47. The molecule has 0 radical (unpaired) electrons. The number of hydrogen-bond acceptors (Lipinski definition) is 3. The summed E-state index contributed by atoms with van der Waals surface area (Å²) in [6, 6.07) is -0.158.